The molecule has 1 aliphatic rings. The highest BCUT2D eigenvalue weighted by atomic mass is 35.5. The van der Waals surface area contributed by atoms with Crippen molar-refractivity contribution >= 4 is 22.5 Å². The van der Waals surface area contributed by atoms with Crippen molar-refractivity contribution in [1.29, 1.82) is 0 Å². The van der Waals surface area contributed by atoms with Crippen molar-refractivity contribution in [3.63, 3.8) is 0 Å². The minimum Gasteiger partial charge on any atom is -0.357 e. The zero-order valence-corrected chi connectivity index (χ0v) is 14.5. The molecule has 0 saturated carbocycles. The van der Waals surface area contributed by atoms with Crippen molar-refractivity contribution < 1.29 is 0 Å². The second kappa shape index (κ2) is 5.40. The van der Waals surface area contributed by atoms with E-state index in [9.17, 15) is 0 Å². The van der Waals surface area contributed by atoms with Crippen molar-refractivity contribution in [3.05, 3.63) is 68.9 Å². The molecule has 0 amide bonds. The predicted octanol–water partition coefficient (Wildman–Crippen LogP) is 4.98. The van der Waals surface area contributed by atoms with Gasteiger partial charge in [0.1, 0.15) is 0 Å². The van der Waals surface area contributed by atoms with Gasteiger partial charge in [-0.1, -0.05) is 29.3 Å². The van der Waals surface area contributed by atoms with E-state index in [-0.39, 0.29) is 6.04 Å². The molecule has 4 rings (SSSR count). The Morgan fingerprint density at radius 1 is 1.04 bits per heavy atom. The molecule has 0 fully saturated rings. The summed E-state index contributed by atoms with van der Waals surface area (Å²) in [7, 11) is 0. The Morgan fingerprint density at radius 2 is 1.78 bits per heavy atom. The van der Waals surface area contributed by atoms with E-state index < -0.39 is 0 Å². The standard InChI is InChI=1S/C20H21ClN2/c1-11-8-12(2)18(13(3)9-11)20-19-15(6-7-22-20)16-10-14(21)4-5-17(16)23-19/h4-5,8-10,20,22-23H,6-7H2,1-3H3. The van der Waals surface area contributed by atoms with Crippen LogP contribution in [0.2, 0.25) is 5.02 Å². The fraction of sp³-hybridized carbons (Fsp3) is 0.300. The molecule has 0 bridgehead atoms. The summed E-state index contributed by atoms with van der Waals surface area (Å²) in [5.74, 6) is 0. The number of benzene rings is 2. The first-order valence-corrected chi connectivity index (χ1v) is 8.53. The number of aryl methyl sites for hydroxylation is 3. The molecule has 23 heavy (non-hydrogen) atoms. The Hall–Kier alpha value is -1.77. The summed E-state index contributed by atoms with van der Waals surface area (Å²) < 4.78 is 0. The maximum Gasteiger partial charge on any atom is 0.0737 e. The average molecular weight is 325 g/mol. The van der Waals surface area contributed by atoms with Crippen LogP contribution in [0.3, 0.4) is 0 Å². The molecule has 0 saturated heterocycles. The van der Waals surface area contributed by atoms with Crippen LogP contribution in [0, 0.1) is 20.8 Å². The van der Waals surface area contributed by atoms with E-state index in [1.54, 1.807) is 0 Å². The highest BCUT2D eigenvalue weighted by molar-refractivity contribution is 6.31. The first-order valence-electron chi connectivity index (χ1n) is 8.15. The summed E-state index contributed by atoms with van der Waals surface area (Å²) in [5, 5.41) is 5.77. The summed E-state index contributed by atoms with van der Waals surface area (Å²) in [5.41, 5.74) is 9.30. The van der Waals surface area contributed by atoms with Crippen molar-refractivity contribution in [2.45, 2.75) is 33.2 Å². The van der Waals surface area contributed by atoms with E-state index in [2.05, 4.69) is 55.3 Å². The van der Waals surface area contributed by atoms with E-state index >= 15 is 0 Å². The molecule has 1 unspecified atom stereocenters. The fourth-order valence-corrected chi connectivity index (χ4v) is 4.27. The molecular formula is C20H21ClN2. The normalized spacial score (nSPS) is 17.5. The lowest BCUT2D eigenvalue weighted by atomic mass is 9.88. The van der Waals surface area contributed by atoms with E-state index in [1.807, 2.05) is 6.07 Å². The molecule has 2 nitrogen and oxygen atoms in total. The van der Waals surface area contributed by atoms with Gasteiger partial charge in [-0.25, -0.2) is 0 Å². The number of hydrogen-bond donors (Lipinski definition) is 2. The number of halogens is 1. The largest absolute Gasteiger partial charge is 0.357 e. The van der Waals surface area contributed by atoms with E-state index in [0.717, 1.165) is 18.0 Å². The highest BCUT2D eigenvalue weighted by Crippen LogP contribution is 2.36. The predicted molar refractivity (Wildman–Crippen MR) is 97.5 cm³/mol. The second-order valence-corrected chi connectivity index (χ2v) is 7.09. The van der Waals surface area contributed by atoms with Gasteiger partial charge in [-0.15, -0.1) is 0 Å². The number of hydrogen-bond acceptors (Lipinski definition) is 1. The van der Waals surface area contributed by atoms with Gasteiger partial charge in [0, 0.05) is 28.2 Å². The molecule has 2 aromatic carbocycles. The van der Waals surface area contributed by atoms with Crippen LogP contribution in [0.4, 0.5) is 0 Å². The van der Waals surface area contributed by atoms with E-state index in [1.165, 1.54) is 44.4 Å². The van der Waals surface area contributed by atoms with Crippen LogP contribution in [-0.2, 0) is 6.42 Å². The third-order valence-electron chi connectivity index (χ3n) is 4.94. The molecule has 1 aromatic heterocycles. The Morgan fingerprint density at radius 3 is 2.52 bits per heavy atom. The molecule has 1 atom stereocenters. The van der Waals surface area contributed by atoms with Gasteiger partial charge in [0.15, 0.2) is 0 Å². The SMILES string of the molecule is Cc1cc(C)c(C2NCCc3c2[nH]c2ccc(Cl)cc32)c(C)c1. The van der Waals surface area contributed by atoms with Gasteiger partial charge in [0.2, 0.25) is 0 Å². The number of fused-ring (bicyclic) bond motifs is 3. The van der Waals surface area contributed by atoms with Crippen molar-refractivity contribution in [2.24, 2.45) is 0 Å². The minimum atomic E-state index is 0.227. The number of aromatic nitrogens is 1. The zero-order valence-electron chi connectivity index (χ0n) is 13.8. The molecule has 0 aliphatic carbocycles. The topological polar surface area (TPSA) is 27.8 Å². The van der Waals surface area contributed by atoms with Gasteiger partial charge in [0.05, 0.1) is 6.04 Å². The third-order valence-corrected chi connectivity index (χ3v) is 5.18. The molecular weight excluding hydrogens is 304 g/mol. The summed E-state index contributed by atoms with van der Waals surface area (Å²) in [6.45, 7) is 7.58. The lowest BCUT2D eigenvalue weighted by molar-refractivity contribution is 0.556. The summed E-state index contributed by atoms with van der Waals surface area (Å²) in [6, 6.07) is 10.9. The van der Waals surface area contributed by atoms with Crippen LogP contribution in [-0.4, -0.2) is 11.5 Å². The van der Waals surface area contributed by atoms with E-state index in [4.69, 9.17) is 11.6 Å². The highest BCUT2D eigenvalue weighted by Gasteiger charge is 2.27. The lowest BCUT2D eigenvalue weighted by Crippen LogP contribution is -2.31. The van der Waals surface area contributed by atoms with Crippen molar-refractivity contribution in [2.75, 3.05) is 6.54 Å². The summed E-state index contributed by atoms with van der Waals surface area (Å²) >= 11 is 6.21. The van der Waals surface area contributed by atoms with Crippen molar-refractivity contribution in [3.8, 4) is 0 Å². The molecule has 3 heteroatoms. The van der Waals surface area contributed by atoms with Crippen LogP contribution in [0.5, 0.6) is 0 Å². The molecule has 2 heterocycles. The Labute approximate surface area is 141 Å². The Bertz CT molecular complexity index is 884. The number of nitrogens with one attached hydrogen (secondary N) is 2. The van der Waals surface area contributed by atoms with Gasteiger partial charge in [-0.3, -0.25) is 0 Å². The smallest absolute Gasteiger partial charge is 0.0737 e. The van der Waals surface area contributed by atoms with Crippen LogP contribution in [0.1, 0.15) is 39.6 Å². The van der Waals surface area contributed by atoms with Gasteiger partial charge < -0.3 is 10.3 Å². The van der Waals surface area contributed by atoms with Gasteiger partial charge in [0.25, 0.3) is 0 Å². The fourth-order valence-electron chi connectivity index (χ4n) is 4.09. The first-order chi connectivity index (χ1) is 11.0. The first kappa shape index (κ1) is 14.8. The summed E-state index contributed by atoms with van der Waals surface area (Å²) in [6.07, 6.45) is 1.04. The second-order valence-electron chi connectivity index (χ2n) is 6.66. The minimum absolute atomic E-state index is 0.227. The molecule has 1 aliphatic heterocycles. The number of rotatable bonds is 1. The molecule has 118 valence electrons. The van der Waals surface area contributed by atoms with Gasteiger partial charge >= 0.3 is 0 Å². The maximum atomic E-state index is 6.21. The monoisotopic (exact) mass is 324 g/mol. The van der Waals surface area contributed by atoms with Crippen LogP contribution in [0.15, 0.2) is 30.3 Å². The number of H-pyrrole nitrogens is 1. The molecule has 0 radical (unpaired) electrons. The average Bonchev–Trinajstić information content (AvgIpc) is 2.85. The van der Waals surface area contributed by atoms with Crippen molar-refractivity contribution in [1.82, 2.24) is 10.3 Å². The maximum absolute atomic E-state index is 6.21. The molecule has 2 N–H and O–H groups in total. The summed E-state index contributed by atoms with van der Waals surface area (Å²) in [4.78, 5) is 3.64. The number of aromatic amines is 1. The van der Waals surface area contributed by atoms with Crippen LogP contribution >= 0.6 is 11.6 Å². The van der Waals surface area contributed by atoms with Gasteiger partial charge in [-0.2, -0.15) is 0 Å². The van der Waals surface area contributed by atoms with Crippen LogP contribution < -0.4 is 5.32 Å². The van der Waals surface area contributed by atoms with Gasteiger partial charge in [-0.05, 0) is 67.6 Å². The quantitative estimate of drug-likeness (QED) is 0.649. The molecule has 3 aromatic rings. The molecule has 0 spiro atoms. The zero-order chi connectivity index (χ0) is 16.1. The Balaban J connectivity index is 1.93. The Kier molecular flexibility index (Phi) is 3.47. The lowest BCUT2D eigenvalue weighted by Gasteiger charge is -2.28. The van der Waals surface area contributed by atoms with E-state index in [0.29, 0.717) is 0 Å². The van der Waals surface area contributed by atoms with Crippen LogP contribution in [0.25, 0.3) is 10.9 Å². The third kappa shape index (κ3) is 2.37.